The molecule has 0 aromatic heterocycles. The van der Waals surface area contributed by atoms with Gasteiger partial charge in [0, 0.05) is 41.7 Å². The van der Waals surface area contributed by atoms with Crippen LogP contribution in [0.4, 0.5) is 0 Å². The largest absolute Gasteiger partial charge is 0.496 e. The average molecular weight is 818 g/mol. The molecule has 0 bridgehead atoms. The maximum absolute atomic E-state index is 13.1. The highest BCUT2D eigenvalue weighted by atomic mass is 16.7. The maximum Gasteiger partial charge on any atom is 0.173 e. The van der Waals surface area contributed by atoms with Crippen molar-refractivity contribution in [1.29, 1.82) is 0 Å². The Morgan fingerprint density at radius 2 is 1.43 bits per heavy atom. The molecule has 2 aromatic rings. The minimum atomic E-state index is -0.371. The summed E-state index contributed by atoms with van der Waals surface area (Å²) in [6.45, 7) is 12.2. The SMILES string of the molecule is C=C(C)[C@H]1Cc2c(ccc(C3=NOC4COc5cc(CO)c(OC)cc5C34)c2OCC(=O)CCCOCCOCCOCCOCCOCCOCCOCCO)O1. The number of benzene rings is 2. The molecule has 3 heterocycles. The van der Waals surface area contributed by atoms with E-state index in [1.807, 2.05) is 25.1 Å². The van der Waals surface area contributed by atoms with E-state index in [0.717, 1.165) is 16.7 Å². The van der Waals surface area contributed by atoms with Gasteiger partial charge >= 0.3 is 0 Å². The Morgan fingerprint density at radius 1 is 0.828 bits per heavy atom. The van der Waals surface area contributed by atoms with Crippen LogP contribution in [0.5, 0.6) is 23.0 Å². The first-order valence-corrected chi connectivity index (χ1v) is 19.9. The quantitative estimate of drug-likeness (QED) is 0.0836. The Kier molecular flexibility index (Phi) is 19.5. The number of nitrogens with zero attached hydrogens (tertiary/aromatic N) is 1. The number of ether oxygens (including phenoxy) is 11. The van der Waals surface area contributed by atoms with E-state index < -0.39 is 0 Å². The van der Waals surface area contributed by atoms with Crippen LogP contribution in [0.2, 0.25) is 0 Å². The molecule has 2 unspecified atom stereocenters. The fourth-order valence-electron chi connectivity index (χ4n) is 6.60. The van der Waals surface area contributed by atoms with Crippen molar-refractivity contribution in [3.8, 4) is 23.0 Å². The molecule has 2 N–H and O–H groups in total. The number of methoxy groups -OCH3 is 1. The maximum atomic E-state index is 13.1. The summed E-state index contributed by atoms with van der Waals surface area (Å²) in [5, 5.41) is 23.0. The number of carbonyl (C=O) groups excluding carboxylic acids is 1. The summed E-state index contributed by atoms with van der Waals surface area (Å²) in [5.74, 6) is 2.04. The van der Waals surface area contributed by atoms with Crippen molar-refractivity contribution in [2.45, 2.75) is 50.9 Å². The summed E-state index contributed by atoms with van der Waals surface area (Å²) in [4.78, 5) is 18.9. The Morgan fingerprint density at radius 3 is 2.00 bits per heavy atom. The number of hydrogen-bond donors (Lipinski definition) is 2. The molecule has 0 saturated carbocycles. The number of aliphatic hydroxyl groups excluding tert-OH is 2. The van der Waals surface area contributed by atoms with Gasteiger partial charge in [0.15, 0.2) is 11.9 Å². The highest BCUT2D eigenvalue weighted by molar-refractivity contribution is 6.09. The average Bonchev–Trinajstić information content (AvgIpc) is 3.88. The predicted molar refractivity (Wildman–Crippen MR) is 210 cm³/mol. The minimum absolute atomic E-state index is 0.0102. The molecule has 0 aliphatic carbocycles. The molecular formula is C42H59NO15. The lowest BCUT2D eigenvalue weighted by Gasteiger charge is -2.29. The zero-order chi connectivity index (χ0) is 41.0. The fourth-order valence-corrected chi connectivity index (χ4v) is 6.60. The number of Topliss-reactive ketones (excluding diaryl/α,β-unsaturated/α-hetero) is 1. The molecule has 3 atom stereocenters. The molecule has 0 fully saturated rings. The van der Waals surface area contributed by atoms with Gasteiger partial charge in [0.1, 0.15) is 48.0 Å². The minimum Gasteiger partial charge on any atom is -0.496 e. The van der Waals surface area contributed by atoms with Crippen molar-refractivity contribution in [1.82, 2.24) is 0 Å². The van der Waals surface area contributed by atoms with Crippen molar-refractivity contribution >= 4 is 11.5 Å². The third-order valence-electron chi connectivity index (χ3n) is 9.57. The van der Waals surface area contributed by atoms with E-state index in [1.54, 1.807) is 13.2 Å². The van der Waals surface area contributed by atoms with Gasteiger partial charge in [0.2, 0.25) is 0 Å². The van der Waals surface area contributed by atoms with Crippen LogP contribution in [-0.2, 0) is 55.8 Å². The van der Waals surface area contributed by atoms with Gasteiger partial charge in [0.25, 0.3) is 0 Å². The van der Waals surface area contributed by atoms with E-state index in [0.29, 0.717) is 152 Å². The topological polar surface area (TPSA) is 181 Å². The van der Waals surface area contributed by atoms with Crippen molar-refractivity contribution in [3.63, 3.8) is 0 Å². The molecule has 16 heteroatoms. The number of oxime groups is 1. The van der Waals surface area contributed by atoms with Gasteiger partial charge < -0.3 is 67.2 Å². The van der Waals surface area contributed by atoms with Crippen LogP contribution >= 0.6 is 0 Å². The molecule has 0 amide bonds. The monoisotopic (exact) mass is 817 g/mol. The van der Waals surface area contributed by atoms with Crippen LogP contribution in [0, 0.1) is 0 Å². The van der Waals surface area contributed by atoms with Gasteiger partial charge in [-0.15, -0.1) is 0 Å². The highest BCUT2D eigenvalue weighted by Gasteiger charge is 2.44. The van der Waals surface area contributed by atoms with Crippen molar-refractivity contribution < 1.29 is 72.0 Å². The highest BCUT2D eigenvalue weighted by Crippen LogP contribution is 2.47. The van der Waals surface area contributed by atoms with E-state index in [2.05, 4.69) is 11.7 Å². The fraction of sp³-hybridized carbons (Fsp3) is 0.619. The third-order valence-corrected chi connectivity index (χ3v) is 9.57. The lowest BCUT2D eigenvalue weighted by atomic mass is 9.83. The van der Waals surface area contributed by atoms with Crippen molar-refractivity contribution in [3.05, 3.63) is 58.7 Å². The number of aliphatic hydroxyl groups is 2. The molecule has 16 nitrogen and oxygen atoms in total. The van der Waals surface area contributed by atoms with Crippen LogP contribution < -0.4 is 18.9 Å². The Labute approximate surface area is 340 Å². The zero-order valence-corrected chi connectivity index (χ0v) is 33.7. The van der Waals surface area contributed by atoms with Gasteiger partial charge in [-0.3, -0.25) is 4.79 Å². The smallest absolute Gasteiger partial charge is 0.173 e. The van der Waals surface area contributed by atoms with Gasteiger partial charge in [0.05, 0.1) is 112 Å². The van der Waals surface area contributed by atoms with E-state index in [-0.39, 0.29) is 50.3 Å². The Bertz CT molecular complexity index is 1620. The molecule has 3 aliphatic rings. The van der Waals surface area contributed by atoms with E-state index in [9.17, 15) is 9.90 Å². The van der Waals surface area contributed by atoms with Crippen LogP contribution in [0.3, 0.4) is 0 Å². The van der Waals surface area contributed by atoms with E-state index in [4.69, 9.17) is 62.0 Å². The zero-order valence-electron chi connectivity index (χ0n) is 33.7. The summed E-state index contributed by atoms with van der Waals surface area (Å²) in [6.07, 6.45) is 0.810. The predicted octanol–water partition coefficient (Wildman–Crippen LogP) is 3.18. The van der Waals surface area contributed by atoms with Gasteiger partial charge in [-0.05, 0) is 43.2 Å². The molecule has 0 saturated heterocycles. The lowest BCUT2D eigenvalue weighted by Crippen LogP contribution is -2.33. The number of carbonyl (C=O) groups is 1. The Hall–Kier alpha value is -3.84. The van der Waals surface area contributed by atoms with E-state index >= 15 is 0 Å². The lowest BCUT2D eigenvalue weighted by molar-refractivity contribution is -0.121. The normalized spacial score (nSPS) is 17.7. The van der Waals surface area contributed by atoms with Crippen LogP contribution in [0.15, 0.2) is 41.6 Å². The number of rotatable bonds is 31. The third kappa shape index (κ3) is 13.3. The first kappa shape index (κ1) is 45.2. The van der Waals surface area contributed by atoms with Crippen molar-refractivity contribution in [2.24, 2.45) is 5.16 Å². The second-order valence-electron chi connectivity index (χ2n) is 13.8. The molecule has 58 heavy (non-hydrogen) atoms. The molecule has 322 valence electrons. The summed E-state index contributed by atoms with van der Waals surface area (Å²) >= 11 is 0. The van der Waals surface area contributed by atoms with Gasteiger partial charge in [-0.25, -0.2) is 0 Å². The first-order chi connectivity index (χ1) is 28.4. The molecule has 2 aromatic carbocycles. The van der Waals surface area contributed by atoms with Crippen LogP contribution in [0.1, 0.15) is 47.9 Å². The number of fused-ring (bicyclic) bond motifs is 4. The first-order valence-electron chi connectivity index (χ1n) is 19.9. The summed E-state index contributed by atoms with van der Waals surface area (Å²) in [7, 11) is 1.56. The van der Waals surface area contributed by atoms with Crippen molar-refractivity contribution in [2.75, 3.05) is 119 Å². The van der Waals surface area contributed by atoms with Crippen LogP contribution in [0.25, 0.3) is 0 Å². The van der Waals surface area contributed by atoms with Crippen LogP contribution in [-0.4, -0.2) is 153 Å². The van der Waals surface area contributed by atoms with Gasteiger partial charge in [-0.1, -0.05) is 11.7 Å². The van der Waals surface area contributed by atoms with Gasteiger partial charge in [-0.2, -0.15) is 0 Å². The molecule has 5 rings (SSSR count). The second kappa shape index (κ2) is 24.9. The second-order valence-corrected chi connectivity index (χ2v) is 13.8. The molecular weight excluding hydrogens is 758 g/mol. The number of hydrogen-bond acceptors (Lipinski definition) is 16. The Balaban J connectivity index is 0.971. The molecule has 0 spiro atoms. The summed E-state index contributed by atoms with van der Waals surface area (Å²) in [5.41, 5.74) is 4.56. The summed E-state index contributed by atoms with van der Waals surface area (Å²) in [6, 6.07) is 7.45. The summed E-state index contributed by atoms with van der Waals surface area (Å²) < 4.78 is 62.2. The standard InChI is InChI=1S/C42H59NO15/c1-29(2)36-25-34-35(57-36)7-6-32(41-40-33-24-37(47-3)30(26-45)23-38(33)55-28-39(40)58-43-41)42(34)56-27-31(46)5-4-9-48-11-13-50-15-17-52-19-21-54-22-20-53-18-16-51-14-12-49-10-8-44/h6-7,23-24,36,39-40,44-45H,1,4-5,8-22,25-28H2,2-3H3/t36-,39?,40?/m1/s1. The number of ketones is 1. The molecule has 3 aliphatic heterocycles. The van der Waals surface area contributed by atoms with E-state index in [1.165, 1.54) is 0 Å². The molecule has 0 radical (unpaired) electrons.